The van der Waals surface area contributed by atoms with E-state index in [2.05, 4.69) is 17.2 Å². The molecule has 2 nitrogen and oxygen atoms in total. The predicted molar refractivity (Wildman–Crippen MR) is 58.3 cm³/mol. The van der Waals surface area contributed by atoms with Crippen LogP contribution in [-0.2, 0) is 12.8 Å². The van der Waals surface area contributed by atoms with Crippen LogP contribution < -0.4 is 5.32 Å². The number of aryl methyl sites for hydroxylation is 1. The second kappa shape index (κ2) is 3.07. The zero-order valence-corrected chi connectivity index (χ0v) is 8.66. The number of hydrogen-bond donors (Lipinski definition) is 1. The van der Waals surface area contributed by atoms with Crippen LogP contribution in [0.15, 0.2) is 6.20 Å². The lowest BCUT2D eigenvalue weighted by molar-refractivity contribution is 1.04. The van der Waals surface area contributed by atoms with Gasteiger partial charge in [-0.1, -0.05) is 19.1 Å². The molecule has 1 aliphatic heterocycles. The van der Waals surface area contributed by atoms with E-state index in [4.69, 9.17) is 12.2 Å². The van der Waals surface area contributed by atoms with Gasteiger partial charge in [0, 0.05) is 29.6 Å². The van der Waals surface area contributed by atoms with E-state index < -0.39 is 0 Å². The van der Waals surface area contributed by atoms with Gasteiger partial charge in [-0.2, -0.15) is 0 Å². The van der Waals surface area contributed by atoms with E-state index in [-0.39, 0.29) is 0 Å². The topological polar surface area (TPSA) is 24.9 Å². The van der Waals surface area contributed by atoms with Crippen LogP contribution in [-0.4, -0.2) is 9.97 Å². The summed E-state index contributed by atoms with van der Waals surface area (Å²) in [4.78, 5) is 5.27. The smallest absolute Gasteiger partial charge is 0.0843 e. The first-order valence-electron chi connectivity index (χ1n) is 4.49. The minimum atomic E-state index is 0.852. The molecular weight excluding hydrogens is 180 g/mol. The molecule has 0 bridgehead atoms. The van der Waals surface area contributed by atoms with Gasteiger partial charge in [-0.05, 0) is 18.9 Å². The Labute approximate surface area is 83.4 Å². The third-order valence-corrected chi connectivity index (χ3v) is 2.69. The molecule has 1 aromatic heterocycles. The SMILES string of the molecule is CCc1c(C)ncc2c1NC(=S)C2. The van der Waals surface area contributed by atoms with Gasteiger partial charge in [0.1, 0.15) is 0 Å². The third-order valence-electron chi connectivity index (χ3n) is 2.44. The summed E-state index contributed by atoms with van der Waals surface area (Å²) in [6.07, 6.45) is 3.79. The molecule has 1 aliphatic rings. The summed E-state index contributed by atoms with van der Waals surface area (Å²) in [7, 11) is 0. The Morgan fingerprint density at radius 3 is 3.08 bits per heavy atom. The third kappa shape index (κ3) is 1.33. The van der Waals surface area contributed by atoms with E-state index in [9.17, 15) is 0 Å². The largest absolute Gasteiger partial charge is 0.349 e. The lowest BCUT2D eigenvalue weighted by Crippen LogP contribution is -2.03. The van der Waals surface area contributed by atoms with E-state index >= 15 is 0 Å². The van der Waals surface area contributed by atoms with Crippen molar-refractivity contribution in [2.45, 2.75) is 26.7 Å². The Morgan fingerprint density at radius 2 is 2.38 bits per heavy atom. The normalized spacial score (nSPS) is 14.2. The summed E-state index contributed by atoms with van der Waals surface area (Å²) in [5, 5.41) is 3.25. The number of aromatic nitrogens is 1. The van der Waals surface area contributed by atoms with Crippen molar-refractivity contribution in [3.63, 3.8) is 0 Å². The molecule has 0 saturated heterocycles. The van der Waals surface area contributed by atoms with Gasteiger partial charge in [0.05, 0.1) is 4.99 Å². The quantitative estimate of drug-likeness (QED) is 0.691. The minimum absolute atomic E-state index is 0.852. The van der Waals surface area contributed by atoms with Crippen molar-refractivity contribution in [3.8, 4) is 0 Å². The fraction of sp³-hybridized carbons (Fsp3) is 0.400. The molecule has 0 saturated carbocycles. The fourth-order valence-electron chi connectivity index (χ4n) is 1.77. The summed E-state index contributed by atoms with van der Waals surface area (Å²) in [5.41, 5.74) is 4.86. The molecule has 0 unspecified atom stereocenters. The number of rotatable bonds is 1. The average Bonchev–Trinajstić information content (AvgIpc) is 2.45. The Kier molecular flexibility index (Phi) is 2.04. The van der Waals surface area contributed by atoms with Crippen LogP contribution in [0.3, 0.4) is 0 Å². The molecule has 68 valence electrons. The lowest BCUT2D eigenvalue weighted by atomic mass is 10.1. The highest BCUT2D eigenvalue weighted by atomic mass is 32.1. The predicted octanol–water partition coefficient (Wildman–Crippen LogP) is 2.25. The Hall–Kier alpha value is -0.960. The zero-order chi connectivity index (χ0) is 9.42. The summed E-state index contributed by atoms with van der Waals surface area (Å²) in [6, 6.07) is 0. The summed E-state index contributed by atoms with van der Waals surface area (Å²) in [6.45, 7) is 4.19. The number of anilines is 1. The summed E-state index contributed by atoms with van der Waals surface area (Å²) < 4.78 is 0. The number of fused-ring (bicyclic) bond motifs is 1. The van der Waals surface area contributed by atoms with Crippen LogP contribution >= 0.6 is 12.2 Å². The van der Waals surface area contributed by atoms with E-state index in [1.165, 1.54) is 16.8 Å². The number of thiocarbonyl (C=S) groups is 1. The van der Waals surface area contributed by atoms with E-state index in [0.29, 0.717) is 0 Å². The van der Waals surface area contributed by atoms with Gasteiger partial charge in [0.25, 0.3) is 0 Å². The van der Waals surface area contributed by atoms with Gasteiger partial charge in [0.2, 0.25) is 0 Å². The van der Waals surface area contributed by atoms with E-state index in [1.54, 1.807) is 0 Å². The highest BCUT2D eigenvalue weighted by Crippen LogP contribution is 2.28. The fourth-order valence-corrected chi connectivity index (χ4v) is 2.03. The second-order valence-corrected chi connectivity index (χ2v) is 3.79. The maximum Gasteiger partial charge on any atom is 0.0843 e. The lowest BCUT2D eigenvalue weighted by Gasteiger charge is -2.08. The van der Waals surface area contributed by atoms with Crippen molar-refractivity contribution in [2.75, 3.05) is 5.32 Å². The van der Waals surface area contributed by atoms with Gasteiger partial charge in [-0.3, -0.25) is 4.98 Å². The highest BCUT2D eigenvalue weighted by molar-refractivity contribution is 7.80. The maximum absolute atomic E-state index is 5.14. The molecular formula is C10H12N2S. The van der Waals surface area contributed by atoms with Gasteiger partial charge < -0.3 is 5.32 Å². The molecule has 0 fully saturated rings. The van der Waals surface area contributed by atoms with Gasteiger partial charge in [-0.25, -0.2) is 0 Å². The molecule has 2 rings (SSSR count). The molecule has 1 aromatic rings. The standard InChI is InChI=1S/C10H12N2S/c1-3-8-6(2)11-5-7-4-9(13)12-10(7)8/h5H,3-4H2,1-2H3,(H,12,13). The van der Waals surface area contributed by atoms with Crippen molar-refractivity contribution in [3.05, 3.63) is 23.0 Å². The number of pyridine rings is 1. The van der Waals surface area contributed by atoms with Crippen molar-refractivity contribution in [2.24, 2.45) is 0 Å². The Balaban J connectivity index is 2.58. The second-order valence-electron chi connectivity index (χ2n) is 3.30. The van der Waals surface area contributed by atoms with E-state index in [1.807, 2.05) is 13.1 Å². The first-order valence-corrected chi connectivity index (χ1v) is 4.90. The van der Waals surface area contributed by atoms with Crippen LogP contribution in [0.25, 0.3) is 0 Å². The first kappa shape index (κ1) is 8.63. The number of nitrogens with zero attached hydrogens (tertiary/aromatic N) is 1. The average molecular weight is 192 g/mol. The molecule has 0 aromatic carbocycles. The van der Waals surface area contributed by atoms with Crippen molar-refractivity contribution in [1.29, 1.82) is 0 Å². The molecule has 0 aliphatic carbocycles. The van der Waals surface area contributed by atoms with Crippen molar-refractivity contribution < 1.29 is 0 Å². The van der Waals surface area contributed by atoms with Gasteiger partial charge in [0.15, 0.2) is 0 Å². The highest BCUT2D eigenvalue weighted by Gasteiger charge is 2.18. The monoisotopic (exact) mass is 192 g/mol. The molecule has 0 radical (unpaired) electrons. The van der Waals surface area contributed by atoms with Crippen LogP contribution in [0.4, 0.5) is 5.69 Å². The zero-order valence-electron chi connectivity index (χ0n) is 7.85. The number of hydrogen-bond acceptors (Lipinski definition) is 2. The maximum atomic E-state index is 5.14. The number of nitrogens with one attached hydrogen (secondary N) is 1. The molecule has 1 N–H and O–H groups in total. The summed E-state index contributed by atoms with van der Waals surface area (Å²) >= 11 is 5.14. The van der Waals surface area contributed by atoms with Crippen molar-refractivity contribution in [1.82, 2.24) is 4.98 Å². The van der Waals surface area contributed by atoms with Crippen LogP contribution in [0.5, 0.6) is 0 Å². The van der Waals surface area contributed by atoms with E-state index in [0.717, 1.165) is 23.5 Å². The molecule has 0 atom stereocenters. The van der Waals surface area contributed by atoms with Crippen LogP contribution in [0.1, 0.15) is 23.7 Å². The van der Waals surface area contributed by atoms with Crippen LogP contribution in [0.2, 0.25) is 0 Å². The molecule has 3 heteroatoms. The van der Waals surface area contributed by atoms with Gasteiger partial charge >= 0.3 is 0 Å². The van der Waals surface area contributed by atoms with Crippen molar-refractivity contribution >= 4 is 22.9 Å². The van der Waals surface area contributed by atoms with Gasteiger partial charge in [-0.15, -0.1) is 0 Å². The molecule has 0 spiro atoms. The summed E-state index contributed by atoms with van der Waals surface area (Å²) in [5.74, 6) is 0. The first-order chi connectivity index (χ1) is 6.22. The Morgan fingerprint density at radius 1 is 1.62 bits per heavy atom. The minimum Gasteiger partial charge on any atom is -0.349 e. The van der Waals surface area contributed by atoms with Crippen LogP contribution in [0, 0.1) is 6.92 Å². The molecule has 0 amide bonds. The Bertz CT molecular complexity index is 371. The molecule has 2 heterocycles. The molecule has 13 heavy (non-hydrogen) atoms.